The lowest BCUT2D eigenvalue weighted by atomic mass is 9.93. The van der Waals surface area contributed by atoms with E-state index in [0.717, 1.165) is 42.3 Å². The Kier molecular flexibility index (Phi) is 6.53. The number of benzene rings is 3. The van der Waals surface area contributed by atoms with Gasteiger partial charge in [0, 0.05) is 41.4 Å². The molecule has 0 aliphatic carbocycles. The maximum absolute atomic E-state index is 15.0. The van der Waals surface area contributed by atoms with Gasteiger partial charge in [0.2, 0.25) is 0 Å². The lowest BCUT2D eigenvalue weighted by molar-refractivity contribution is -0.0592. The van der Waals surface area contributed by atoms with Gasteiger partial charge < -0.3 is 19.1 Å². The molecule has 0 saturated carbocycles. The number of hydrogen-bond donors (Lipinski definition) is 1. The second kappa shape index (κ2) is 10.2. The third-order valence-electron chi connectivity index (χ3n) is 8.11. The molecule has 3 aliphatic heterocycles. The van der Waals surface area contributed by atoms with Crippen LogP contribution in [-0.2, 0) is 30.8 Å². The van der Waals surface area contributed by atoms with Crippen LogP contribution in [0.1, 0.15) is 51.0 Å². The first-order valence-electron chi connectivity index (χ1n) is 13.5. The normalized spacial score (nSPS) is 19.9. The Morgan fingerprint density at radius 3 is 2.76 bits per heavy atom. The van der Waals surface area contributed by atoms with Gasteiger partial charge in [-0.05, 0) is 48.7 Å². The molecule has 0 bridgehead atoms. The highest BCUT2D eigenvalue weighted by Gasteiger charge is 2.29. The van der Waals surface area contributed by atoms with Crippen molar-refractivity contribution in [1.82, 2.24) is 14.5 Å². The van der Waals surface area contributed by atoms with Crippen LogP contribution < -0.4 is 4.74 Å². The molecule has 0 radical (unpaired) electrons. The van der Waals surface area contributed by atoms with E-state index in [0.29, 0.717) is 48.2 Å². The lowest BCUT2D eigenvalue weighted by Gasteiger charge is -2.33. The predicted octanol–water partition coefficient (Wildman–Crippen LogP) is 6.16. The molecule has 0 amide bonds. The van der Waals surface area contributed by atoms with Gasteiger partial charge in [-0.3, -0.25) is 4.90 Å². The van der Waals surface area contributed by atoms with E-state index >= 15 is 0 Å². The van der Waals surface area contributed by atoms with Crippen molar-refractivity contribution in [2.45, 2.75) is 44.7 Å². The number of aromatic carboxylic acids is 1. The monoisotopic (exact) mass is 577 g/mol. The first-order valence-corrected chi connectivity index (χ1v) is 13.9. The summed E-state index contributed by atoms with van der Waals surface area (Å²) in [5.41, 5.74) is 4.02. The summed E-state index contributed by atoms with van der Waals surface area (Å²) in [5.74, 6) is -0.902. The number of carboxylic acid groups (broad SMARTS) is 1. The fraction of sp³-hybridized carbons (Fsp3) is 0.290. The van der Waals surface area contributed by atoms with Crippen LogP contribution in [0.4, 0.5) is 8.78 Å². The molecule has 1 N–H and O–H groups in total. The van der Waals surface area contributed by atoms with E-state index < -0.39 is 23.7 Å². The van der Waals surface area contributed by atoms with Crippen molar-refractivity contribution in [1.29, 1.82) is 0 Å². The molecule has 1 saturated heterocycles. The van der Waals surface area contributed by atoms with E-state index in [1.54, 1.807) is 12.1 Å². The van der Waals surface area contributed by atoms with Crippen LogP contribution in [0, 0.1) is 11.6 Å². The van der Waals surface area contributed by atoms with Gasteiger partial charge in [0.1, 0.15) is 29.0 Å². The molecular weight excluding hydrogens is 552 g/mol. The molecule has 10 heteroatoms. The van der Waals surface area contributed by atoms with Crippen LogP contribution in [0.5, 0.6) is 5.75 Å². The zero-order chi connectivity index (χ0) is 28.2. The Labute approximate surface area is 239 Å². The summed E-state index contributed by atoms with van der Waals surface area (Å²) in [4.78, 5) is 18.5. The molecule has 7 nitrogen and oxygen atoms in total. The van der Waals surface area contributed by atoms with Crippen molar-refractivity contribution in [3.05, 3.63) is 98.8 Å². The molecule has 0 spiro atoms. The van der Waals surface area contributed by atoms with E-state index in [4.69, 9.17) is 21.1 Å². The summed E-state index contributed by atoms with van der Waals surface area (Å²) in [6.07, 6.45) is 4.84. The second-order valence-electron chi connectivity index (χ2n) is 10.7. The van der Waals surface area contributed by atoms with E-state index in [1.165, 1.54) is 17.7 Å². The SMILES string of the molecule is O=C(O)c1cc(F)c2nc(CN3CCc4ccc5c(c4C3)O[C@@H](c3ccc(Cl)cc3F)C=C5)n(C[C@@H]3CCO3)c2c1. The Balaban J connectivity index is 1.20. The lowest BCUT2D eigenvalue weighted by Crippen LogP contribution is -2.34. The average Bonchev–Trinajstić information content (AvgIpc) is 3.27. The standard InChI is InChI=1S/C31H26ClF2N3O4/c32-20-4-5-22(24(33)13-20)27-6-3-18-2-1-17-7-9-36(15-23(17)30(18)41-27)16-28-35-29-25(34)11-19(31(38)39)12-26(29)37(28)14-21-8-10-40-21/h1-6,11-13,21,27H,7-10,14-16H2,(H,38,39)/t21-,27+/m0/s1. The van der Waals surface area contributed by atoms with Crippen molar-refractivity contribution < 1.29 is 28.2 Å². The Morgan fingerprint density at radius 2 is 2.00 bits per heavy atom. The van der Waals surface area contributed by atoms with E-state index in [-0.39, 0.29) is 17.2 Å². The van der Waals surface area contributed by atoms with Crippen molar-refractivity contribution in [3.63, 3.8) is 0 Å². The van der Waals surface area contributed by atoms with E-state index in [9.17, 15) is 18.7 Å². The van der Waals surface area contributed by atoms with Crippen molar-refractivity contribution in [2.24, 2.45) is 0 Å². The number of hydrogen-bond acceptors (Lipinski definition) is 5. The van der Waals surface area contributed by atoms with Gasteiger partial charge in [-0.2, -0.15) is 0 Å². The van der Waals surface area contributed by atoms with Crippen LogP contribution in [0.15, 0.2) is 48.5 Å². The number of nitrogens with zero attached hydrogens (tertiary/aromatic N) is 3. The highest BCUT2D eigenvalue weighted by atomic mass is 35.5. The zero-order valence-corrected chi connectivity index (χ0v) is 22.7. The van der Waals surface area contributed by atoms with Crippen molar-refractivity contribution in [3.8, 4) is 5.75 Å². The molecule has 4 heterocycles. The molecule has 4 aromatic rings. The van der Waals surface area contributed by atoms with E-state index in [1.807, 2.05) is 22.8 Å². The predicted molar refractivity (Wildman–Crippen MR) is 149 cm³/mol. The van der Waals surface area contributed by atoms with Crippen molar-refractivity contribution >= 4 is 34.7 Å². The van der Waals surface area contributed by atoms with Gasteiger partial charge in [-0.15, -0.1) is 0 Å². The molecule has 2 atom stereocenters. The summed E-state index contributed by atoms with van der Waals surface area (Å²) in [7, 11) is 0. The van der Waals surface area contributed by atoms with Gasteiger partial charge in [0.05, 0.1) is 30.3 Å². The molecule has 210 valence electrons. The number of ether oxygens (including phenoxy) is 2. The first kappa shape index (κ1) is 26.1. The van der Waals surface area contributed by atoms with Gasteiger partial charge in [0.25, 0.3) is 0 Å². The maximum Gasteiger partial charge on any atom is 0.335 e. The Hall–Kier alpha value is -3.79. The molecule has 3 aromatic carbocycles. The molecule has 41 heavy (non-hydrogen) atoms. The highest BCUT2D eigenvalue weighted by Crippen LogP contribution is 2.40. The molecule has 3 aliphatic rings. The number of carboxylic acids is 1. The molecule has 0 unspecified atom stereocenters. The minimum atomic E-state index is -1.19. The summed E-state index contributed by atoms with van der Waals surface area (Å²) in [5, 5.41) is 9.83. The first-order chi connectivity index (χ1) is 19.8. The summed E-state index contributed by atoms with van der Waals surface area (Å²) < 4.78 is 43.6. The van der Waals surface area contributed by atoms with Gasteiger partial charge in [-0.25, -0.2) is 18.6 Å². The topological polar surface area (TPSA) is 76.8 Å². The van der Waals surface area contributed by atoms with Crippen LogP contribution in [-0.4, -0.2) is 44.8 Å². The van der Waals surface area contributed by atoms with Gasteiger partial charge in [-0.1, -0.05) is 35.9 Å². The summed E-state index contributed by atoms with van der Waals surface area (Å²) >= 11 is 5.96. The number of aromatic nitrogens is 2. The molecule has 7 rings (SSSR count). The summed E-state index contributed by atoms with van der Waals surface area (Å²) in [6.45, 7) is 2.88. The highest BCUT2D eigenvalue weighted by molar-refractivity contribution is 6.30. The van der Waals surface area contributed by atoms with Crippen LogP contribution in [0.25, 0.3) is 17.1 Å². The quantitative estimate of drug-likeness (QED) is 0.296. The fourth-order valence-corrected chi connectivity index (χ4v) is 6.01. The smallest absolute Gasteiger partial charge is 0.335 e. The van der Waals surface area contributed by atoms with E-state index in [2.05, 4.69) is 16.0 Å². The zero-order valence-electron chi connectivity index (χ0n) is 21.9. The second-order valence-corrected chi connectivity index (χ2v) is 11.1. The minimum absolute atomic E-state index is 0.0258. The van der Waals surface area contributed by atoms with Crippen molar-refractivity contribution in [2.75, 3.05) is 13.2 Å². The average molecular weight is 578 g/mol. The van der Waals surface area contributed by atoms with Gasteiger partial charge in [0.15, 0.2) is 5.82 Å². The number of imidazole rings is 1. The van der Waals surface area contributed by atoms with Crippen LogP contribution in [0.2, 0.25) is 5.02 Å². The number of carbonyl (C=O) groups is 1. The number of halogens is 3. The Bertz CT molecular complexity index is 1730. The number of rotatable bonds is 6. The minimum Gasteiger partial charge on any atom is -0.481 e. The van der Waals surface area contributed by atoms with Crippen LogP contribution in [0.3, 0.4) is 0 Å². The largest absolute Gasteiger partial charge is 0.481 e. The molecular formula is C31H26ClF2N3O4. The molecule has 1 aromatic heterocycles. The van der Waals surface area contributed by atoms with Crippen LogP contribution >= 0.6 is 11.6 Å². The summed E-state index contributed by atoms with van der Waals surface area (Å²) in [6, 6.07) is 11.2. The third kappa shape index (κ3) is 4.77. The molecule has 1 fully saturated rings. The third-order valence-corrected chi connectivity index (χ3v) is 8.34. The number of fused-ring (bicyclic) bond motifs is 4. The Morgan fingerprint density at radius 1 is 1.15 bits per heavy atom. The van der Waals surface area contributed by atoms with Gasteiger partial charge >= 0.3 is 5.97 Å². The fourth-order valence-electron chi connectivity index (χ4n) is 5.85. The maximum atomic E-state index is 15.0.